The summed E-state index contributed by atoms with van der Waals surface area (Å²) in [5, 5.41) is 0. The van der Waals surface area contributed by atoms with Crippen molar-refractivity contribution in [1.29, 1.82) is 0 Å². The highest BCUT2D eigenvalue weighted by Crippen LogP contribution is 2.42. The fraction of sp³-hybridized carbons (Fsp3) is 0.824. The molecule has 5 heteroatoms. The van der Waals surface area contributed by atoms with Gasteiger partial charge in [0.15, 0.2) is 0 Å². The summed E-state index contributed by atoms with van der Waals surface area (Å²) in [6.07, 6.45) is 5.13. The van der Waals surface area contributed by atoms with Gasteiger partial charge in [-0.25, -0.2) is 4.98 Å². The number of ether oxygens (including phenoxy) is 2. The van der Waals surface area contributed by atoms with Crippen LogP contribution in [0.2, 0.25) is 0 Å². The van der Waals surface area contributed by atoms with Crippen molar-refractivity contribution >= 4 is 11.3 Å². The quantitative estimate of drug-likeness (QED) is 0.723. The first-order valence-electron chi connectivity index (χ1n) is 8.58. The van der Waals surface area contributed by atoms with Gasteiger partial charge in [-0.3, -0.25) is 4.90 Å². The minimum absolute atomic E-state index is 0.127. The second-order valence-corrected chi connectivity index (χ2v) is 8.15. The first-order chi connectivity index (χ1) is 10.8. The zero-order valence-electron chi connectivity index (χ0n) is 13.4. The maximum Gasteiger partial charge on any atom is 0.0964 e. The predicted molar refractivity (Wildman–Crippen MR) is 87.1 cm³/mol. The highest BCUT2D eigenvalue weighted by atomic mass is 32.1. The Morgan fingerprint density at radius 3 is 3.00 bits per heavy atom. The maximum absolute atomic E-state index is 6.15. The van der Waals surface area contributed by atoms with E-state index in [1.807, 2.05) is 5.51 Å². The molecule has 122 valence electrons. The molecule has 2 saturated heterocycles. The molecule has 1 spiro atoms. The van der Waals surface area contributed by atoms with Crippen LogP contribution in [0.4, 0.5) is 0 Å². The van der Waals surface area contributed by atoms with Crippen molar-refractivity contribution < 1.29 is 9.47 Å². The molecule has 0 radical (unpaired) electrons. The molecule has 0 aromatic carbocycles. The summed E-state index contributed by atoms with van der Waals surface area (Å²) < 4.78 is 12.0. The van der Waals surface area contributed by atoms with E-state index in [0.29, 0.717) is 5.92 Å². The standard InChI is InChI=1S/C17H26N2O2S/c1-13-16(22-12-18-13)8-19-10-17(11-19)15(5-7-21-17)4-6-20-9-14-2-3-14/h12,14-15H,2-11H2,1H3. The van der Waals surface area contributed by atoms with Crippen molar-refractivity contribution in [2.24, 2.45) is 11.8 Å². The summed E-state index contributed by atoms with van der Waals surface area (Å²) in [6, 6.07) is 0. The molecule has 0 N–H and O–H groups in total. The maximum atomic E-state index is 6.15. The van der Waals surface area contributed by atoms with Crippen molar-refractivity contribution in [1.82, 2.24) is 9.88 Å². The Morgan fingerprint density at radius 1 is 1.41 bits per heavy atom. The van der Waals surface area contributed by atoms with Gasteiger partial charge in [-0.1, -0.05) is 0 Å². The van der Waals surface area contributed by atoms with Crippen LogP contribution in [0.5, 0.6) is 0 Å². The fourth-order valence-electron chi connectivity index (χ4n) is 3.81. The van der Waals surface area contributed by atoms with E-state index < -0.39 is 0 Å². The molecule has 0 amide bonds. The van der Waals surface area contributed by atoms with E-state index in [2.05, 4.69) is 16.8 Å². The van der Waals surface area contributed by atoms with Gasteiger partial charge in [0, 0.05) is 44.3 Å². The van der Waals surface area contributed by atoms with Gasteiger partial charge in [-0.2, -0.15) is 0 Å². The number of thiazole rings is 1. The second-order valence-electron chi connectivity index (χ2n) is 7.21. The van der Waals surface area contributed by atoms with Crippen molar-refractivity contribution in [3.8, 4) is 0 Å². The first kappa shape index (κ1) is 15.1. The number of hydrogen-bond donors (Lipinski definition) is 0. The number of likely N-dealkylation sites (tertiary alicyclic amines) is 1. The molecule has 3 aliphatic rings. The van der Waals surface area contributed by atoms with Gasteiger partial charge in [-0.15, -0.1) is 11.3 Å². The Morgan fingerprint density at radius 2 is 2.27 bits per heavy atom. The summed E-state index contributed by atoms with van der Waals surface area (Å²) in [5.41, 5.74) is 3.26. The van der Waals surface area contributed by atoms with Crippen molar-refractivity contribution in [2.45, 2.75) is 44.8 Å². The molecule has 2 aliphatic heterocycles. The second kappa shape index (κ2) is 6.19. The van der Waals surface area contributed by atoms with Gasteiger partial charge in [0.1, 0.15) is 0 Å². The lowest BCUT2D eigenvalue weighted by Gasteiger charge is -2.50. The van der Waals surface area contributed by atoms with E-state index in [1.54, 1.807) is 11.3 Å². The summed E-state index contributed by atoms with van der Waals surface area (Å²) in [4.78, 5) is 8.25. The van der Waals surface area contributed by atoms with E-state index in [1.165, 1.54) is 36.3 Å². The summed E-state index contributed by atoms with van der Waals surface area (Å²) in [5.74, 6) is 1.56. The van der Waals surface area contributed by atoms with Crippen LogP contribution in [0.1, 0.15) is 36.3 Å². The fourth-order valence-corrected chi connectivity index (χ4v) is 4.62. The lowest BCUT2D eigenvalue weighted by atomic mass is 9.79. The molecule has 1 unspecified atom stereocenters. The van der Waals surface area contributed by atoms with Crippen LogP contribution in [-0.4, -0.2) is 48.4 Å². The molecule has 3 fully saturated rings. The molecular weight excluding hydrogens is 296 g/mol. The Balaban J connectivity index is 1.24. The summed E-state index contributed by atoms with van der Waals surface area (Å²) in [7, 11) is 0. The largest absolute Gasteiger partial charge is 0.381 e. The van der Waals surface area contributed by atoms with Crippen LogP contribution in [0, 0.1) is 18.8 Å². The molecule has 1 aromatic heterocycles. The van der Waals surface area contributed by atoms with Gasteiger partial charge in [0.2, 0.25) is 0 Å². The topological polar surface area (TPSA) is 34.6 Å². The van der Waals surface area contributed by atoms with E-state index >= 15 is 0 Å². The van der Waals surface area contributed by atoms with Crippen LogP contribution < -0.4 is 0 Å². The highest BCUT2D eigenvalue weighted by Gasteiger charge is 2.52. The molecule has 1 aromatic rings. The molecule has 22 heavy (non-hydrogen) atoms. The molecule has 1 saturated carbocycles. The minimum Gasteiger partial charge on any atom is -0.381 e. The average molecular weight is 322 g/mol. The Hall–Kier alpha value is -0.490. The van der Waals surface area contributed by atoms with Crippen LogP contribution >= 0.6 is 11.3 Å². The van der Waals surface area contributed by atoms with Crippen LogP contribution in [0.15, 0.2) is 5.51 Å². The molecule has 4 rings (SSSR count). The van der Waals surface area contributed by atoms with Gasteiger partial charge in [0.05, 0.1) is 16.8 Å². The van der Waals surface area contributed by atoms with Crippen molar-refractivity contribution in [2.75, 3.05) is 32.9 Å². The SMILES string of the molecule is Cc1ncsc1CN1CC2(C1)OCCC2CCOCC1CC1. The summed E-state index contributed by atoms with van der Waals surface area (Å²) in [6.45, 7) is 8.13. The normalized spacial score (nSPS) is 27.4. The lowest BCUT2D eigenvalue weighted by molar-refractivity contribution is -0.138. The Labute approximate surface area is 136 Å². The number of nitrogens with zero attached hydrogens (tertiary/aromatic N) is 2. The molecule has 1 atom stereocenters. The molecular formula is C17H26N2O2S. The van der Waals surface area contributed by atoms with E-state index in [4.69, 9.17) is 9.47 Å². The molecule has 4 nitrogen and oxygen atoms in total. The number of hydrogen-bond acceptors (Lipinski definition) is 5. The van der Waals surface area contributed by atoms with Gasteiger partial charge >= 0.3 is 0 Å². The van der Waals surface area contributed by atoms with Crippen LogP contribution in [0.3, 0.4) is 0 Å². The zero-order chi connectivity index (χ0) is 15.0. The first-order valence-corrected chi connectivity index (χ1v) is 9.46. The third-order valence-electron chi connectivity index (χ3n) is 5.46. The minimum atomic E-state index is 0.127. The zero-order valence-corrected chi connectivity index (χ0v) is 14.2. The van der Waals surface area contributed by atoms with Crippen LogP contribution in [-0.2, 0) is 16.0 Å². The van der Waals surface area contributed by atoms with E-state index in [9.17, 15) is 0 Å². The number of aryl methyl sites for hydroxylation is 1. The molecule has 3 heterocycles. The van der Waals surface area contributed by atoms with Gasteiger partial charge < -0.3 is 9.47 Å². The molecule has 1 aliphatic carbocycles. The monoisotopic (exact) mass is 322 g/mol. The van der Waals surface area contributed by atoms with Gasteiger partial charge in [0.25, 0.3) is 0 Å². The smallest absolute Gasteiger partial charge is 0.0964 e. The number of aromatic nitrogens is 1. The van der Waals surface area contributed by atoms with Crippen molar-refractivity contribution in [3.05, 3.63) is 16.1 Å². The lowest BCUT2D eigenvalue weighted by Crippen LogP contribution is -2.64. The Kier molecular flexibility index (Phi) is 4.24. The van der Waals surface area contributed by atoms with E-state index in [0.717, 1.165) is 45.4 Å². The third-order valence-corrected chi connectivity index (χ3v) is 6.38. The van der Waals surface area contributed by atoms with E-state index in [-0.39, 0.29) is 5.60 Å². The average Bonchev–Trinajstić information content (AvgIpc) is 3.07. The third kappa shape index (κ3) is 3.09. The predicted octanol–water partition coefficient (Wildman–Crippen LogP) is 2.86. The summed E-state index contributed by atoms with van der Waals surface area (Å²) >= 11 is 1.77. The van der Waals surface area contributed by atoms with Gasteiger partial charge in [-0.05, 0) is 44.4 Å². The highest BCUT2D eigenvalue weighted by molar-refractivity contribution is 7.09. The Bertz CT molecular complexity index is 509. The molecule has 0 bridgehead atoms. The number of rotatable bonds is 7. The van der Waals surface area contributed by atoms with Crippen LogP contribution in [0.25, 0.3) is 0 Å². The van der Waals surface area contributed by atoms with Crippen molar-refractivity contribution in [3.63, 3.8) is 0 Å².